The molecule has 5 heterocycles. The highest BCUT2D eigenvalue weighted by molar-refractivity contribution is 7.59. The molecule has 6 bridgehead atoms. The van der Waals surface area contributed by atoms with Crippen LogP contribution >= 0.6 is 54.0 Å². The number of aryl methyl sites for hydroxylation is 1. The summed E-state index contributed by atoms with van der Waals surface area (Å²) in [6, 6.07) is 10.8. The van der Waals surface area contributed by atoms with Crippen molar-refractivity contribution in [3.05, 3.63) is 84.2 Å². The predicted molar refractivity (Wildman–Crippen MR) is 300 cm³/mol. The number of aromatic hydroxyl groups is 1. The van der Waals surface area contributed by atoms with Gasteiger partial charge in [0.25, 0.3) is 5.91 Å². The van der Waals surface area contributed by atoms with Gasteiger partial charge in [0, 0.05) is 80.5 Å². The molecule has 3 aliphatic rings. The van der Waals surface area contributed by atoms with Gasteiger partial charge in [0.1, 0.15) is 23.9 Å². The highest BCUT2D eigenvalue weighted by Crippen LogP contribution is 2.41. The second-order valence-corrected chi connectivity index (χ2v) is 20.0. The molecule has 4 aromatic rings. The fourth-order valence-corrected chi connectivity index (χ4v) is 10.0. The maximum atomic E-state index is 14.7. The Kier molecular flexibility index (Phi) is 22.1. The fourth-order valence-electron chi connectivity index (χ4n) is 10.0. The second kappa shape index (κ2) is 25.8. The number of carbonyl (C=O) groups is 5. The van der Waals surface area contributed by atoms with E-state index in [2.05, 4.69) is 79.9 Å². The van der Waals surface area contributed by atoms with Gasteiger partial charge in [-0.1, -0.05) is 46.4 Å². The van der Waals surface area contributed by atoms with Gasteiger partial charge in [-0.15, -0.1) is 0 Å². The molecule has 0 saturated carbocycles. The first-order chi connectivity index (χ1) is 31.9. The van der Waals surface area contributed by atoms with Crippen LogP contribution in [0.1, 0.15) is 70.6 Å². The summed E-state index contributed by atoms with van der Waals surface area (Å²) in [6.07, 6.45) is 7.92. The zero-order valence-electron chi connectivity index (χ0n) is 42.4. The molecule has 7 rings (SSSR count). The molecule has 4 atom stereocenters. The number of nitrogens with zero attached hydrogens (tertiary/aromatic N) is 6. The summed E-state index contributed by atoms with van der Waals surface area (Å²) in [4.78, 5) is 79.3. The van der Waals surface area contributed by atoms with Crippen LogP contribution in [0.3, 0.4) is 0 Å². The van der Waals surface area contributed by atoms with Crippen LogP contribution in [0.4, 0.5) is 0 Å². The number of nitrogens with one attached hydrogen (secondary N) is 2. The summed E-state index contributed by atoms with van der Waals surface area (Å²) in [5.74, 6) is -2.81. The monoisotopic (exact) mass is 1050 g/mol. The molecule has 0 radical (unpaired) electrons. The van der Waals surface area contributed by atoms with E-state index in [-0.39, 0.29) is 104 Å². The maximum absolute atomic E-state index is 14.7. The van der Waals surface area contributed by atoms with E-state index < -0.39 is 47.2 Å². The molecule has 0 spiro atoms. The molecule has 19 heteroatoms. The number of hydrogen-bond acceptors (Lipinski definition) is 10. The molecule has 4 amide bonds. The Labute approximate surface area is 447 Å². The van der Waals surface area contributed by atoms with Gasteiger partial charge in [0.15, 0.2) is 0 Å². The number of phenolic OH excluding ortho intramolecular Hbond substituents is 1. The van der Waals surface area contributed by atoms with Gasteiger partial charge in [-0.05, 0) is 123 Å². The molecule has 0 aliphatic carbocycles. The Hall–Kier alpha value is -4.66. The number of ether oxygens (including phenoxy) is 1. The van der Waals surface area contributed by atoms with Crippen LogP contribution in [0.15, 0.2) is 67.5 Å². The topological polar surface area (TPSA) is 170 Å². The van der Waals surface area contributed by atoms with Crippen molar-refractivity contribution in [3.8, 4) is 28.1 Å². The normalized spacial score (nSPS) is 19.3. The summed E-state index contributed by atoms with van der Waals surface area (Å²) in [7, 11) is 5.70. The first kappa shape index (κ1) is 60.6. The molecule has 2 fully saturated rings. The van der Waals surface area contributed by atoms with Crippen LogP contribution in [0, 0.1) is 17.3 Å². The summed E-state index contributed by atoms with van der Waals surface area (Å²) >= 11 is 0. The van der Waals surface area contributed by atoms with Gasteiger partial charge in [-0.25, -0.2) is 5.43 Å². The largest absolute Gasteiger partial charge is 0.508 e. The zero-order chi connectivity index (χ0) is 48.3. The molecule has 0 unspecified atom stereocenters. The van der Waals surface area contributed by atoms with Crippen LogP contribution in [0.25, 0.3) is 33.3 Å². The molecule has 2 saturated heterocycles. The number of aromatic nitrogens is 2. The third-order valence-electron chi connectivity index (χ3n) is 13.5. The standard InChI is InChI=1S/C52H68N8O7.4H2S/c1-10-45(62)58-20-17-36(30-58)49(64)57(9)46(32(3)4)48(63)54-43-24-34-22-37(25-39(61)23-34)35-14-15-44-40(26-35)41(47(59(44)11-2)38-21-33(28-53-29-38)16-19-56(7)8)27-52(5,6)31-67-51(66)42-13-12-18-60(55-42)50(43)65;;;;/h10,14-15,21-23,25-26,28-29,32,36,42-43,46,55,61H,1,11-13,16-20,24,27,30-31H2,2-9H3,(H,54,63);4*1H2/t36-,42-,43-,46-;;;;/m0..../s1. The third-order valence-corrected chi connectivity index (χ3v) is 13.5. The molecule has 2 aromatic carbocycles. The molecule has 3 N–H and O–H groups in total. The highest BCUT2D eigenvalue weighted by atomic mass is 32.1. The predicted octanol–water partition coefficient (Wildman–Crippen LogP) is 5.82. The lowest BCUT2D eigenvalue weighted by atomic mass is 9.84. The van der Waals surface area contributed by atoms with E-state index in [4.69, 9.17) is 9.72 Å². The lowest BCUT2D eigenvalue weighted by Gasteiger charge is -2.37. The van der Waals surface area contributed by atoms with E-state index in [1.807, 2.05) is 38.4 Å². The molecule has 71 heavy (non-hydrogen) atoms. The number of esters is 1. The lowest BCUT2D eigenvalue weighted by Crippen LogP contribution is -2.62. The number of amides is 4. The number of cyclic esters (lactones) is 1. The van der Waals surface area contributed by atoms with Crippen molar-refractivity contribution in [2.75, 3.05) is 53.9 Å². The Morgan fingerprint density at radius 1 is 0.986 bits per heavy atom. The van der Waals surface area contributed by atoms with Crippen molar-refractivity contribution in [1.29, 1.82) is 0 Å². The van der Waals surface area contributed by atoms with E-state index in [1.54, 1.807) is 24.1 Å². The first-order valence-electron chi connectivity index (χ1n) is 23.7. The number of rotatable bonds is 11. The minimum absolute atomic E-state index is 0. The maximum Gasteiger partial charge on any atom is 0.324 e. The summed E-state index contributed by atoms with van der Waals surface area (Å²) in [5, 5.41) is 16.8. The number of fused-ring (bicyclic) bond motifs is 6. The van der Waals surface area contributed by atoms with Crippen molar-refractivity contribution in [1.82, 2.24) is 40.0 Å². The highest BCUT2D eigenvalue weighted by Gasteiger charge is 2.40. The van der Waals surface area contributed by atoms with Crippen LogP contribution in [0.2, 0.25) is 0 Å². The van der Waals surface area contributed by atoms with Gasteiger partial charge in [-0.2, -0.15) is 54.0 Å². The van der Waals surface area contributed by atoms with Crippen molar-refractivity contribution in [2.24, 2.45) is 17.3 Å². The Morgan fingerprint density at radius 3 is 2.39 bits per heavy atom. The fraction of sp³-hybridized carbons (Fsp3) is 0.500. The number of likely N-dealkylation sites (tertiary alicyclic amines) is 1. The van der Waals surface area contributed by atoms with Gasteiger partial charge < -0.3 is 34.4 Å². The number of hydrazine groups is 1. The van der Waals surface area contributed by atoms with Crippen molar-refractivity contribution >= 4 is 94.5 Å². The third kappa shape index (κ3) is 13.9. The second-order valence-electron chi connectivity index (χ2n) is 20.0. The van der Waals surface area contributed by atoms with Gasteiger partial charge in [0.05, 0.1) is 18.2 Å². The summed E-state index contributed by atoms with van der Waals surface area (Å²) in [6.45, 7) is 16.2. The lowest BCUT2D eigenvalue weighted by molar-refractivity contribution is -0.155. The van der Waals surface area contributed by atoms with Crippen LogP contribution in [0.5, 0.6) is 5.75 Å². The van der Waals surface area contributed by atoms with Gasteiger partial charge in [0.2, 0.25) is 17.7 Å². The number of likely N-dealkylation sites (N-methyl/N-ethyl adjacent to an activating group) is 2. The Bertz CT molecular complexity index is 2550. The summed E-state index contributed by atoms with van der Waals surface area (Å²) in [5.41, 5.74) is 10.1. The number of carbonyl (C=O) groups excluding carboxylic acids is 5. The number of phenols is 1. The SMILES string of the molecule is C=CC(=O)N1CC[C@H](C(=O)N(C)[C@H](C(=O)N[C@H]2Cc3cc(O)cc(c3)-c3ccc4c(c3)c(c(-c3cncc(CCN(C)C)c3)n4CC)CC(C)(C)COC(=O)[C@@H]3CCCN(N3)C2=O)C(C)C)C1.S.S.S.S. The van der Waals surface area contributed by atoms with E-state index in [1.165, 1.54) is 16.0 Å². The molecular weight excluding hydrogens is 977 g/mol. The number of benzene rings is 2. The smallest absolute Gasteiger partial charge is 0.324 e. The average molecular weight is 1050 g/mol. The zero-order valence-corrected chi connectivity index (χ0v) is 46.4. The Balaban J connectivity index is 0.00000333. The van der Waals surface area contributed by atoms with Crippen molar-refractivity contribution in [3.63, 3.8) is 0 Å². The van der Waals surface area contributed by atoms with E-state index in [0.717, 1.165) is 57.4 Å². The summed E-state index contributed by atoms with van der Waals surface area (Å²) < 4.78 is 8.44. The van der Waals surface area contributed by atoms with E-state index >= 15 is 0 Å². The minimum Gasteiger partial charge on any atom is -0.508 e. The van der Waals surface area contributed by atoms with Gasteiger partial charge in [-0.3, -0.25) is 34.0 Å². The minimum atomic E-state index is -1.16. The van der Waals surface area contributed by atoms with E-state index in [9.17, 15) is 29.1 Å². The molecule has 2 aromatic heterocycles. The number of pyridine rings is 1. The van der Waals surface area contributed by atoms with Crippen LogP contribution in [-0.2, 0) is 54.5 Å². The van der Waals surface area contributed by atoms with Gasteiger partial charge >= 0.3 is 5.97 Å². The quantitative estimate of drug-likeness (QED) is 0.123. The Morgan fingerprint density at radius 2 is 1.72 bits per heavy atom. The van der Waals surface area contributed by atoms with Crippen LogP contribution < -0.4 is 10.7 Å². The molecule has 15 nitrogen and oxygen atoms in total. The molecular formula is C52H76N8O7S4. The van der Waals surface area contributed by atoms with E-state index in [0.29, 0.717) is 44.3 Å². The first-order valence-corrected chi connectivity index (χ1v) is 23.7. The van der Waals surface area contributed by atoms with Crippen LogP contribution in [-0.4, -0.2) is 136 Å². The molecule has 3 aliphatic heterocycles. The van der Waals surface area contributed by atoms with Crippen molar-refractivity contribution < 1.29 is 33.8 Å². The van der Waals surface area contributed by atoms with Crippen molar-refractivity contribution in [2.45, 2.75) is 97.8 Å². The molecule has 390 valence electrons. The average Bonchev–Trinajstić information content (AvgIpc) is 3.91. The number of hydrogen-bond donors (Lipinski definition) is 3.